The summed E-state index contributed by atoms with van der Waals surface area (Å²) in [4.78, 5) is 4.55. The second kappa shape index (κ2) is 20.8. The summed E-state index contributed by atoms with van der Waals surface area (Å²) >= 11 is 0. The molecule has 0 aliphatic heterocycles. The summed E-state index contributed by atoms with van der Waals surface area (Å²) in [6.07, 6.45) is 3.90. The van der Waals surface area contributed by atoms with Gasteiger partial charge in [0.15, 0.2) is 0 Å². The molecule has 322 valence electrons. The third kappa shape index (κ3) is 10.6. The molecule has 0 bridgehead atoms. The summed E-state index contributed by atoms with van der Waals surface area (Å²) < 4.78 is 0. The molecule has 66 heavy (non-hydrogen) atoms. The highest BCUT2D eigenvalue weighted by molar-refractivity contribution is 5.85. The van der Waals surface area contributed by atoms with Crippen molar-refractivity contribution in [1.29, 1.82) is 0 Å². The first-order chi connectivity index (χ1) is 32.5. The zero-order chi connectivity index (χ0) is 44.9. The Labute approximate surface area is 389 Å². The molecule has 0 unspecified atom stereocenters. The van der Waals surface area contributed by atoms with Gasteiger partial charge in [-0.15, -0.1) is 0 Å². The van der Waals surface area contributed by atoms with Crippen LogP contribution in [0.5, 0.6) is 0 Å². The normalized spacial score (nSPS) is 11.2. The highest BCUT2D eigenvalue weighted by Gasteiger charge is 2.16. The van der Waals surface area contributed by atoms with E-state index in [0.717, 1.165) is 67.8 Å². The van der Waals surface area contributed by atoms with Crippen molar-refractivity contribution >= 4 is 57.9 Å². The van der Waals surface area contributed by atoms with E-state index in [1.165, 1.54) is 11.1 Å². The highest BCUT2D eigenvalue weighted by Crippen LogP contribution is 2.36. The van der Waals surface area contributed by atoms with E-state index in [0.29, 0.717) is 13.1 Å². The van der Waals surface area contributed by atoms with Crippen LogP contribution in [0.4, 0.5) is 45.5 Å². The Kier molecular flexibility index (Phi) is 13.5. The Hall–Kier alpha value is -8.48. The van der Waals surface area contributed by atoms with E-state index < -0.39 is 0 Å². The molecule has 0 heterocycles. The van der Waals surface area contributed by atoms with Gasteiger partial charge in [-0.1, -0.05) is 157 Å². The number of para-hydroxylation sites is 4. The molecule has 0 radical (unpaired) electrons. The van der Waals surface area contributed by atoms with E-state index in [4.69, 9.17) is 10.2 Å². The van der Waals surface area contributed by atoms with Gasteiger partial charge in [0.2, 0.25) is 0 Å². The molecule has 6 heteroatoms. The monoisotopic (exact) mass is 856 g/mol. The lowest BCUT2D eigenvalue weighted by molar-refractivity contribution is 0.811. The maximum Gasteiger partial charge on any atom is 0.0669 e. The van der Waals surface area contributed by atoms with Crippen LogP contribution in [0.1, 0.15) is 33.4 Å². The van der Waals surface area contributed by atoms with Gasteiger partial charge in [0.25, 0.3) is 0 Å². The summed E-state index contributed by atoms with van der Waals surface area (Å²) in [7, 11) is 0. The molecular formula is C60H52N6. The highest BCUT2D eigenvalue weighted by atomic mass is 15.5. The first-order valence-corrected chi connectivity index (χ1v) is 22.4. The molecule has 0 N–H and O–H groups in total. The molecule has 0 aliphatic carbocycles. The Morgan fingerprint density at radius 1 is 0.288 bits per heavy atom. The number of anilines is 8. The molecular weight excluding hydrogens is 805 g/mol. The van der Waals surface area contributed by atoms with Crippen LogP contribution in [0.2, 0.25) is 0 Å². The van der Waals surface area contributed by atoms with Crippen molar-refractivity contribution in [3.8, 4) is 0 Å². The standard InChI is InChI=1S/C60H52N6/c1-47-27-35-57(36-28-47)65(55-23-11-5-12-24-55)59-39-31-49(32-40-59)43-61-63(53-19-7-3-8-20-53)45-51-17-15-16-18-52(51)46-64(54-21-9-4-10-22-54)62-44-50-33-41-60(42-34-50)66(56-25-13-6-14-26-56)58-37-29-48(2)30-38-58/h3-44H,45-46H2,1-2H3/b61-43+,62-44+. The Balaban J connectivity index is 0.961. The summed E-state index contributed by atoms with van der Waals surface area (Å²) in [6, 6.07) is 84.8. The van der Waals surface area contributed by atoms with Crippen LogP contribution in [-0.4, -0.2) is 12.4 Å². The van der Waals surface area contributed by atoms with Gasteiger partial charge in [0.05, 0.1) is 36.9 Å². The van der Waals surface area contributed by atoms with Gasteiger partial charge in [0, 0.05) is 34.1 Å². The van der Waals surface area contributed by atoms with Gasteiger partial charge >= 0.3 is 0 Å². The van der Waals surface area contributed by atoms with Crippen molar-refractivity contribution in [3.05, 3.63) is 276 Å². The Morgan fingerprint density at radius 2 is 0.545 bits per heavy atom. The minimum Gasteiger partial charge on any atom is -0.311 e. The molecule has 0 spiro atoms. The number of benzene rings is 9. The third-order valence-corrected chi connectivity index (χ3v) is 11.5. The third-order valence-electron chi connectivity index (χ3n) is 11.5. The SMILES string of the molecule is Cc1ccc(N(c2ccccc2)c2ccc(/C=N/N(Cc3ccccc3CN(/N=C/c3ccc(N(c4ccccc4)c4ccc(C)cc4)cc3)c3ccccc3)c3ccccc3)cc2)cc1. The fourth-order valence-corrected chi connectivity index (χ4v) is 7.91. The number of rotatable bonds is 16. The molecule has 0 saturated carbocycles. The van der Waals surface area contributed by atoms with Crippen LogP contribution in [0.25, 0.3) is 0 Å². The van der Waals surface area contributed by atoms with Gasteiger partial charge in [-0.3, -0.25) is 10.0 Å². The number of hydrogen-bond acceptors (Lipinski definition) is 6. The molecule has 0 aromatic heterocycles. The molecule has 0 aliphatic rings. The van der Waals surface area contributed by atoms with E-state index >= 15 is 0 Å². The minimum atomic E-state index is 0.566. The van der Waals surface area contributed by atoms with Crippen molar-refractivity contribution in [2.75, 3.05) is 19.8 Å². The average molecular weight is 857 g/mol. The van der Waals surface area contributed by atoms with E-state index in [2.05, 4.69) is 264 Å². The second-order valence-electron chi connectivity index (χ2n) is 16.2. The largest absolute Gasteiger partial charge is 0.311 e. The summed E-state index contributed by atoms with van der Waals surface area (Å²) in [5.74, 6) is 0. The summed E-state index contributed by atoms with van der Waals surface area (Å²) in [5.41, 5.74) is 15.4. The average Bonchev–Trinajstić information content (AvgIpc) is 3.38. The molecule has 9 aromatic carbocycles. The number of nitrogens with zero attached hydrogens (tertiary/aromatic N) is 6. The van der Waals surface area contributed by atoms with Crippen LogP contribution in [0.15, 0.2) is 253 Å². The first kappa shape index (κ1) is 42.8. The molecule has 9 rings (SSSR count). The smallest absolute Gasteiger partial charge is 0.0669 e. The van der Waals surface area contributed by atoms with Gasteiger partial charge in [0.1, 0.15) is 0 Å². The van der Waals surface area contributed by atoms with Crippen LogP contribution in [-0.2, 0) is 13.1 Å². The number of hydrogen-bond donors (Lipinski definition) is 0. The predicted octanol–water partition coefficient (Wildman–Crippen LogP) is 15.3. The van der Waals surface area contributed by atoms with Crippen LogP contribution in [0, 0.1) is 13.8 Å². The van der Waals surface area contributed by atoms with E-state index in [1.54, 1.807) is 0 Å². The zero-order valence-corrected chi connectivity index (χ0v) is 37.3. The van der Waals surface area contributed by atoms with Crippen LogP contribution < -0.4 is 19.8 Å². The lowest BCUT2D eigenvalue weighted by atomic mass is 10.1. The predicted molar refractivity (Wildman–Crippen MR) is 279 cm³/mol. The molecule has 0 atom stereocenters. The van der Waals surface area contributed by atoms with Crippen molar-refractivity contribution in [2.24, 2.45) is 10.2 Å². The number of hydrazone groups is 2. The van der Waals surface area contributed by atoms with Crippen molar-refractivity contribution in [2.45, 2.75) is 26.9 Å². The second-order valence-corrected chi connectivity index (χ2v) is 16.2. The molecule has 6 nitrogen and oxygen atoms in total. The topological polar surface area (TPSA) is 37.7 Å². The Bertz CT molecular complexity index is 2750. The van der Waals surface area contributed by atoms with Gasteiger partial charge in [-0.05, 0) is 133 Å². The summed E-state index contributed by atoms with van der Waals surface area (Å²) in [6.45, 7) is 5.36. The van der Waals surface area contributed by atoms with Crippen molar-refractivity contribution in [1.82, 2.24) is 0 Å². The lowest BCUT2D eigenvalue weighted by Gasteiger charge is -2.26. The van der Waals surface area contributed by atoms with Gasteiger partial charge in [-0.25, -0.2) is 0 Å². The zero-order valence-electron chi connectivity index (χ0n) is 37.3. The molecule has 0 amide bonds. The van der Waals surface area contributed by atoms with Crippen LogP contribution >= 0.6 is 0 Å². The first-order valence-electron chi connectivity index (χ1n) is 22.4. The molecule has 9 aromatic rings. The van der Waals surface area contributed by atoms with E-state index in [1.807, 2.05) is 24.6 Å². The lowest BCUT2D eigenvalue weighted by Crippen LogP contribution is -2.21. The van der Waals surface area contributed by atoms with Crippen LogP contribution in [0.3, 0.4) is 0 Å². The quantitative estimate of drug-likeness (QED) is 0.0717. The van der Waals surface area contributed by atoms with Gasteiger partial charge < -0.3 is 9.80 Å². The van der Waals surface area contributed by atoms with E-state index in [9.17, 15) is 0 Å². The molecule has 0 saturated heterocycles. The van der Waals surface area contributed by atoms with Crippen molar-refractivity contribution in [3.63, 3.8) is 0 Å². The number of aryl methyl sites for hydroxylation is 2. The fraction of sp³-hybridized carbons (Fsp3) is 0.0667. The van der Waals surface area contributed by atoms with Crippen molar-refractivity contribution < 1.29 is 0 Å². The maximum atomic E-state index is 5.12. The maximum absolute atomic E-state index is 5.12. The fourth-order valence-electron chi connectivity index (χ4n) is 7.91. The Morgan fingerprint density at radius 3 is 0.864 bits per heavy atom. The summed E-state index contributed by atoms with van der Waals surface area (Å²) in [5, 5.41) is 14.4. The van der Waals surface area contributed by atoms with Gasteiger partial charge in [-0.2, -0.15) is 10.2 Å². The minimum absolute atomic E-state index is 0.566. The van der Waals surface area contributed by atoms with E-state index in [-0.39, 0.29) is 0 Å². The molecule has 0 fully saturated rings.